The molecule has 0 radical (unpaired) electrons. The maximum atomic E-state index is 12.8. The summed E-state index contributed by atoms with van der Waals surface area (Å²) in [6.45, 7) is -0.690. The van der Waals surface area contributed by atoms with Gasteiger partial charge >= 0.3 is 5.97 Å². The molecule has 0 aromatic heterocycles. The normalized spacial score (nSPS) is 16.8. The van der Waals surface area contributed by atoms with E-state index in [1.165, 1.54) is 25.2 Å². The molecule has 1 heterocycles. The number of benzene rings is 1. The number of hydrogen-bond acceptors (Lipinski definition) is 6. The zero-order chi connectivity index (χ0) is 18.6. The first-order valence-corrected chi connectivity index (χ1v) is 7.38. The van der Waals surface area contributed by atoms with Gasteiger partial charge in [0.15, 0.2) is 12.9 Å². The monoisotopic (exact) mass is 348 g/mol. The molecule has 1 unspecified atom stereocenters. The number of aldehydes is 1. The van der Waals surface area contributed by atoms with Crippen LogP contribution in [0.3, 0.4) is 0 Å². The molecule has 0 aliphatic carbocycles. The van der Waals surface area contributed by atoms with Crippen molar-refractivity contribution in [2.24, 2.45) is 0 Å². The predicted octanol–water partition coefficient (Wildman–Crippen LogP) is -0.160. The van der Waals surface area contributed by atoms with Crippen molar-refractivity contribution in [3.05, 3.63) is 29.3 Å². The van der Waals surface area contributed by atoms with Crippen molar-refractivity contribution >= 4 is 30.0 Å². The fraction of sp³-hybridized carbons (Fsp3) is 0.312. The van der Waals surface area contributed by atoms with Crippen molar-refractivity contribution in [1.82, 2.24) is 10.2 Å². The number of carbonyl (C=O) groups excluding carboxylic acids is 4. The molecule has 1 aromatic carbocycles. The van der Waals surface area contributed by atoms with E-state index < -0.39 is 36.3 Å². The Morgan fingerprint density at radius 3 is 2.72 bits per heavy atom. The van der Waals surface area contributed by atoms with Crippen LogP contribution in [0.1, 0.15) is 33.6 Å². The Bertz CT molecular complexity index is 744. The van der Waals surface area contributed by atoms with Crippen molar-refractivity contribution in [2.75, 3.05) is 13.7 Å². The summed E-state index contributed by atoms with van der Waals surface area (Å²) in [7, 11) is 1.37. The highest BCUT2D eigenvalue weighted by Gasteiger charge is 2.34. The van der Waals surface area contributed by atoms with Gasteiger partial charge in [-0.3, -0.25) is 24.5 Å². The van der Waals surface area contributed by atoms with E-state index in [1.807, 2.05) is 0 Å². The molecule has 9 nitrogen and oxygen atoms in total. The van der Waals surface area contributed by atoms with Crippen LogP contribution >= 0.6 is 0 Å². The van der Waals surface area contributed by atoms with Gasteiger partial charge in [0.05, 0.1) is 5.56 Å². The number of carboxylic acids is 1. The number of piperidine rings is 1. The van der Waals surface area contributed by atoms with E-state index >= 15 is 0 Å². The molecule has 1 aromatic rings. The van der Waals surface area contributed by atoms with Crippen LogP contribution in [-0.2, 0) is 14.4 Å². The SMILES string of the molecule is CN(C(=O)c1c(C=O)cccc1OCC(=O)O)C1CCC(=O)NC1=O. The number of aliphatic carboxylic acids is 1. The summed E-state index contributed by atoms with van der Waals surface area (Å²) < 4.78 is 5.08. The lowest BCUT2D eigenvalue weighted by molar-refractivity contribution is -0.139. The maximum absolute atomic E-state index is 12.8. The molecule has 0 saturated carbocycles. The van der Waals surface area contributed by atoms with Gasteiger partial charge in [0.25, 0.3) is 5.91 Å². The first-order chi connectivity index (χ1) is 11.8. The molecule has 1 aliphatic rings. The average Bonchev–Trinajstić information content (AvgIpc) is 2.58. The first-order valence-electron chi connectivity index (χ1n) is 7.38. The molecule has 3 amide bonds. The third kappa shape index (κ3) is 4.00. The lowest BCUT2D eigenvalue weighted by Gasteiger charge is -2.30. The van der Waals surface area contributed by atoms with Gasteiger partial charge in [0.2, 0.25) is 11.8 Å². The van der Waals surface area contributed by atoms with Gasteiger partial charge in [0.1, 0.15) is 11.8 Å². The topological polar surface area (TPSA) is 130 Å². The Labute approximate surface area is 142 Å². The van der Waals surface area contributed by atoms with Crippen LogP contribution in [-0.4, -0.2) is 59.7 Å². The van der Waals surface area contributed by atoms with Crippen LogP contribution in [0.25, 0.3) is 0 Å². The van der Waals surface area contributed by atoms with E-state index in [0.717, 1.165) is 4.90 Å². The molecule has 0 spiro atoms. The van der Waals surface area contributed by atoms with Gasteiger partial charge < -0.3 is 14.7 Å². The van der Waals surface area contributed by atoms with Gasteiger partial charge in [-0.25, -0.2) is 4.79 Å². The van der Waals surface area contributed by atoms with E-state index in [-0.39, 0.29) is 29.7 Å². The molecule has 1 saturated heterocycles. The van der Waals surface area contributed by atoms with E-state index in [9.17, 15) is 24.0 Å². The highest BCUT2D eigenvalue weighted by Crippen LogP contribution is 2.25. The third-order valence-electron chi connectivity index (χ3n) is 3.75. The third-order valence-corrected chi connectivity index (χ3v) is 3.75. The summed E-state index contributed by atoms with van der Waals surface area (Å²) in [5.41, 5.74) is -0.127. The number of likely N-dealkylation sites (N-methyl/N-ethyl adjacent to an activating group) is 1. The molecular formula is C16H16N2O7. The van der Waals surface area contributed by atoms with Crippen LogP contribution in [0.2, 0.25) is 0 Å². The van der Waals surface area contributed by atoms with Crippen LogP contribution in [0.15, 0.2) is 18.2 Å². The average molecular weight is 348 g/mol. The maximum Gasteiger partial charge on any atom is 0.341 e. The summed E-state index contributed by atoms with van der Waals surface area (Å²) in [6.07, 6.45) is 0.687. The summed E-state index contributed by atoms with van der Waals surface area (Å²) in [5.74, 6) is -3.02. The zero-order valence-corrected chi connectivity index (χ0v) is 13.4. The largest absolute Gasteiger partial charge is 0.481 e. The van der Waals surface area contributed by atoms with Crippen LogP contribution < -0.4 is 10.1 Å². The van der Waals surface area contributed by atoms with E-state index in [4.69, 9.17) is 9.84 Å². The molecule has 2 N–H and O–H groups in total. The Balaban J connectivity index is 2.33. The number of rotatable bonds is 6. The molecule has 25 heavy (non-hydrogen) atoms. The van der Waals surface area contributed by atoms with Gasteiger partial charge in [-0.05, 0) is 12.5 Å². The minimum Gasteiger partial charge on any atom is -0.481 e. The van der Waals surface area contributed by atoms with Crippen molar-refractivity contribution in [2.45, 2.75) is 18.9 Å². The van der Waals surface area contributed by atoms with Gasteiger partial charge in [-0.2, -0.15) is 0 Å². The van der Waals surface area contributed by atoms with E-state index in [0.29, 0.717) is 6.29 Å². The highest BCUT2D eigenvalue weighted by molar-refractivity contribution is 6.07. The smallest absolute Gasteiger partial charge is 0.341 e. The fourth-order valence-corrected chi connectivity index (χ4v) is 2.50. The molecule has 1 fully saturated rings. The molecule has 1 aliphatic heterocycles. The second kappa shape index (κ2) is 7.56. The molecule has 9 heteroatoms. The molecule has 132 valence electrons. The second-order valence-electron chi connectivity index (χ2n) is 5.40. The van der Waals surface area contributed by atoms with Crippen molar-refractivity contribution < 1.29 is 33.8 Å². The number of nitrogens with one attached hydrogen (secondary N) is 1. The van der Waals surface area contributed by atoms with Crippen LogP contribution in [0.5, 0.6) is 5.75 Å². The molecular weight excluding hydrogens is 332 g/mol. The number of amides is 3. The number of nitrogens with zero attached hydrogens (tertiary/aromatic N) is 1. The van der Waals surface area contributed by atoms with Crippen molar-refractivity contribution in [1.29, 1.82) is 0 Å². The van der Waals surface area contributed by atoms with Crippen LogP contribution in [0.4, 0.5) is 0 Å². The van der Waals surface area contributed by atoms with Crippen molar-refractivity contribution in [3.63, 3.8) is 0 Å². The Hall–Kier alpha value is -3.23. The Kier molecular flexibility index (Phi) is 5.48. The van der Waals surface area contributed by atoms with Crippen LogP contribution in [0, 0.1) is 0 Å². The highest BCUT2D eigenvalue weighted by atomic mass is 16.5. The number of ether oxygens (including phenoxy) is 1. The minimum absolute atomic E-state index is 0.00651. The Morgan fingerprint density at radius 2 is 2.12 bits per heavy atom. The summed E-state index contributed by atoms with van der Waals surface area (Å²) in [4.78, 5) is 59.0. The number of carbonyl (C=O) groups is 5. The first kappa shape index (κ1) is 18.1. The lowest BCUT2D eigenvalue weighted by Crippen LogP contribution is -2.53. The minimum atomic E-state index is -1.24. The molecule has 2 rings (SSSR count). The Morgan fingerprint density at radius 1 is 1.40 bits per heavy atom. The summed E-state index contributed by atoms with van der Waals surface area (Å²) in [5, 5.41) is 10.9. The number of hydrogen-bond donors (Lipinski definition) is 2. The quantitative estimate of drug-likeness (QED) is 0.539. The number of imide groups is 1. The molecule has 0 bridgehead atoms. The number of carboxylic acid groups (broad SMARTS) is 1. The van der Waals surface area contributed by atoms with Crippen molar-refractivity contribution in [3.8, 4) is 5.75 Å². The summed E-state index contributed by atoms with van der Waals surface area (Å²) in [6, 6.07) is 3.31. The standard InChI is InChI=1S/C16H16N2O7/c1-18(10-5-6-12(20)17-15(10)23)16(24)14-9(7-19)3-2-4-11(14)25-8-13(21)22/h2-4,7,10H,5-6,8H2,1H3,(H,21,22)(H,17,20,23). The fourth-order valence-electron chi connectivity index (χ4n) is 2.50. The predicted molar refractivity (Wildman–Crippen MR) is 83.2 cm³/mol. The molecule has 1 atom stereocenters. The lowest BCUT2D eigenvalue weighted by atomic mass is 10.0. The van der Waals surface area contributed by atoms with Gasteiger partial charge in [-0.1, -0.05) is 12.1 Å². The van der Waals surface area contributed by atoms with Gasteiger partial charge in [0, 0.05) is 19.0 Å². The zero-order valence-electron chi connectivity index (χ0n) is 13.4. The van der Waals surface area contributed by atoms with E-state index in [2.05, 4.69) is 5.32 Å². The van der Waals surface area contributed by atoms with Gasteiger partial charge in [-0.15, -0.1) is 0 Å². The summed E-state index contributed by atoms with van der Waals surface area (Å²) >= 11 is 0. The van der Waals surface area contributed by atoms with E-state index in [1.54, 1.807) is 0 Å². The second-order valence-corrected chi connectivity index (χ2v) is 5.40.